The Bertz CT molecular complexity index is 928. The van der Waals surface area contributed by atoms with E-state index in [0.29, 0.717) is 18.0 Å². The molecule has 0 bridgehead atoms. The molecule has 0 radical (unpaired) electrons. The van der Waals surface area contributed by atoms with E-state index in [1.54, 1.807) is 31.2 Å². The molecule has 0 saturated carbocycles. The van der Waals surface area contributed by atoms with Gasteiger partial charge in [-0.1, -0.05) is 48.5 Å². The van der Waals surface area contributed by atoms with Gasteiger partial charge in [-0.3, -0.25) is 14.5 Å². The Morgan fingerprint density at radius 2 is 1.66 bits per heavy atom. The van der Waals surface area contributed by atoms with Gasteiger partial charge in [0.25, 0.3) is 5.91 Å². The van der Waals surface area contributed by atoms with Crippen LogP contribution in [0.25, 0.3) is 0 Å². The molecule has 7 nitrogen and oxygen atoms in total. The van der Waals surface area contributed by atoms with Gasteiger partial charge in [0.15, 0.2) is 0 Å². The summed E-state index contributed by atoms with van der Waals surface area (Å²) >= 11 is 0. The van der Waals surface area contributed by atoms with Gasteiger partial charge in [-0.05, 0) is 69.3 Å². The topological polar surface area (TPSA) is 87.7 Å². The minimum atomic E-state index is -0.859. The molecule has 1 heterocycles. The van der Waals surface area contributed by atoms with Crippen molar-refractivity contribution in [2.45, 2.75) is 51.6 Å². The van der Waals surface area contributed by atoms with Crippen molar-refractivity contribution in [3.63, 3.8) is 0 Å². The van der Waals surface area contributed by atoms with Crippen LogP contribution < -0.4 is 10.6 Å². The summed E-state index contributed by atoms with van der Waals surface area (Å²) in [6.45, 7) is 5.71. The van der Waals surface area contributed by atoms with Gasteiger partial charge in [0.05, 0.1) is 6.61 Å². The van der Waals surface area contributed by atoms with E-state index in [1.165, 1.54) is 5.56 Å². The molecule has 2 aromatic rings. The number of nitrogens with zero attached hydrogens (tertiary/aromatic N) is 1. The molecule has 0 unspecified atom stereocenters. The standard InChI is InChI=1S/C28H37N3O4/c1-2-35-28(34)25(30-27(33)24-11-7-4-8-12-24)13-14-26(32)29-18-15-22-16-19-31(20-17-22)21-23-9-5-3-6-10-23/h3-12,22,25H,2,13-21H2,1H3,(H,29,32)(H,30,33)/t25-/m1/s1. The molecule has 7 heteroatoms. The quantitative estimate of drug-likeness (QED) is 0.455. The fourth-order valence-corrected chi connectivity index (χ4v) is 4.38. The average Bonchev–Trinajstić information content (AvgIpc) is 2.88. The third-order valence-electron chi connectivity index (χ3n) is 6.40. The monoisotopic (exact) mass is 479 g/mol. The molecule has 1 saturated heterocycles. The van der Waals surface area contributed by atoms with Crippen LogP contribution in [-0.4, -0.2) is 55.0 Å². The van der Waals surface area contributed by atoms with Crippen LogP contribution in [0, 0.1) is 5.92 Å². The van der Waals surface area contributed by atoms with Crippen LogP contribution in [0.1, 0.15) is 54.9 Å². The van der Waals surface area contributed by atoms with Crippen molar-refractivity contribution in [2.24, 2.45) is 5.92 Å². The molecule has 2 amide bonds. The summed E-state index contributed by atoms with van der Waals surface area (Å²) in [6.07, 6.45) is 3.57. The number of hydrogen-bond donors (Lipinski definition) is 2. The second kappa shape index (κ2) is 14.3. The van der Waals surface area contributed by atoms with Crippen molar-refractivity contribution in [2.75, 3.05) is 26.2 Å². The van der Waals surface area contributed by atoms with Crippen LogP contribution in [0.5, 0.6) is 0 Å². The van der Waals surface area contributed by atoms with Crippen LogP contribution in [0.4, 0.5) is 0 Å². The lowest BCUT2D eigenvalue weighted by Gasteiger charge is -2.32. The number of amides is 2. The van der Waals surface area contributed by atoms with Crippen molar-refractivity contribution in [1.29, 1.82) is 0 Å². The van der Waals surface area contributed by atoms with Gasteiger partial charge in [-0.25, -0.2) is 4.79 Å². The predicted octanol–water partition coefficient (Wildman–Crippen LogP) is 3.55. The fraction of sp³-hybridized carbons (Fsp3) is 0.464. The molecule has 188 valence electrons. The van der Waals surface area contributed by atoms with Crippen LogP contribution in [-0.2, 0) is 20.9 Å². The molecular formula is C28H37N3O4. The summed E-state index contributed by atoms with van der Waals surface area (Å²) in [4.78, 5) is 39.7. The van der Waals surface area contributed by atoms with Gasteiger partial charge >= 0.3 is 5.97 Å². The Morgan fingerprint density at radius 3 is 2.31 bits per heavy atom. The van der Waals surface area contributed by atoms with Gasteiger partial charge in [-0.2, -0.15) is 0 Å². The van der Waals surface area contributed by atoms with Crippen LogP contribution >= 0.6 is 0 Å². The molecule has 2 N–H and O–H groups in total. The molecule has 0 aliphatic carbocycles. The maximum Gasteiger partial charge on any atom is 0.328 e. The molecular weight excluding hydrogens is 442 g/mol. The highest BCUT2D eigenvalue weighted by molar-refractivity contribution is 5.96. The lowest BCUT2D eigenvalue weighted by Crippen LogP contribution is -2.42. The Kier molecular flexibility index (Phi) is 10.8. The largest absolute Gasteiger partial charge is 0.464 e. The number of ether oxygens (including phenoxy) is 1. The Balaban J connectivity index is 1.35. The lowest BCUT2D eigenvalue weighted by molar-refractivity contribution is -0.145. The number of nitrogens with one attached hydrogen (secondary N) is 2. The molecule has 1 atom stereocenters. The summed E-state index contributed by atoms with van der Waals surface area (Å²) in [6, 6.07) is 18.4. The smallest absolute Gasteiger partial charge is 0.328 e. The van der Waals surface area contributed by atoms with E-state index in [-0.39, 0.29) is 31.3 Å². The maximum atomic E-state index is 12.5. The van der Waals surface area contributed by atoms with Gasteiger partial charge in [-0.15, -0.1) is 0 Å². The number of carbonyl (C=O) groups excluding carboxylic acids is 3. The number of carbonyl (C=O) groups is 3. The van der Waals surface area contributed by atoms with Gasteiger partial charge in [0, 0.05) is 25.1 Å². The van der Waals surface area contributed by atoms with E-state index in [4.69, 9.17) is 4.74 Å². The summed E-state index contributed by atoms with van der Waals surface area (Å²) in [7, 11) is 0. The highest BCUT2D eigenvalue weighted by Crippen LogP contribution is 2.21. The number of piperidine rings is 1. The first-order valence-electron chi connectivity index (χ1n) is 12.6. The highest BCUT2D eigenvalue weighted by Gasteiger charge is 2.24. The van der Waals surface area contributed by atoms with E-state index in [0.717, 1.165) is 38.9 Å². The zero-order valence-electron chi connectivity index (χ0n) is 20.6. The average molecular weight is 480 g/mol. The zero-order valence-corrected chi connectivity index (χ0v) is 20.6. The van der Waals surface area contributed by atoms with Crippen molar-refractivity contribution >= 4 is 17.8 Å². The molecule has 0 spiro atoms. The van der Waals surface area contributed by atoms with Crippen LogP contribution in [0.15, 0.2) is 60.7 Å². The number of hydrogen-bond acceptors (Lipinski definition) is 5. The van der Waals surface area contributed by atoms with E-state index in [1.807, 2.05) is 12.1 Å². The molecule has 35 heavy (non-hydrogen) atoms. The Hall–Kier alpha value is -3.19. The maximum absolute atomic E-state index is 12.5. The number of rotatable bonds is 12. The summed E-state index contributed by atoms with van der Waals surface area (Å²) in [5.74, 6) is -0.385. The molecule has 1 aliphatic heterocycles. The zero-order chi connectivity index (χ0) is 24.9. The normalized spacial score (nSPS) is 15.2. The first-order valence-corrected chi connectivity index (χ1v) is 12.6. The van der Waals surface area contributed by atoms with Crippen LogP contribution in [0.3, 0.4) is 0 Å². The predicted molar refractivity (Wildman–Crippen MR) is 136 cm³/mol. The van der Waals surface area contributed by atoms with Crippen molar-refractivity contribution in [3.8, 4) is 0 Å². The van der Waals surface area contributed by atoms with E-state index in [2.05, 4.69) is 39.8 Å². The lowest BCUT2D eigenvalue weighted by atomic mass is 9.93. The molecule has 1 aliphatic rings. The Morgan fingerprint density at radius 1 is 1.00 bits per heavy atom. The van der Waals surface area contributed by atoms with E-state index >= 15 is 0 Å². The van der Waals surface area contributed by atoms with Crippen molar-refractivity contribution in [3.05, 3.63) is 71.8 Å². The SMILES string of the molecule is CCOC(=O)[C@@H](CCC(=O)NCCC1CCN(Cc2ccccc2)CC1)NC(=O)c1ccccc1. The second-order valence-corrected chi connectivity index (χ2v) is 9.03. The van der Waals surface area contributed by atoms with E-state index in [9.17, 15) is 14.4 Å². The minimum absolute atomic E-state index is 0.116. The number of benzene rings is 2. The minimum Gasteiger partial charge on any atom is -0.464 e. The molecule has 3 rings (SSSR count). The Labute approximate surface area is 208 Å². The van der Waals surface area contributed by atoms with Crippen molar-refractivity contribution in [1.82, 2.24) is 15.5 Å². The van der Waals surface area contributed by atoms with Gasteiger partial charge < -0.3 is 15.4 Å². The first-order chi connectivity index (χ1) is 17.0. The van der Waals surface area contributed by atoms with Gasteiger partial charge in [0.2, 0.25) is 5.91 Å². The number of esters is 1. The molecule has 2 aromatic carbocycles. The number of likely N-dealkylation sites (tertiary alicyclic amines) is 1. The van der Waals surface area contributed by atoms with Gasteiger partial charge in [0.1, 0.15) is 6.04 Å². The molecule has 0 aromatic heterocycles. The highest BCUT2D eigenvalue weighted by atomic mass is 16.5. The molecule has 1 fully saturated rings. The first kappa shape index (κ1) is 26.4. The third-order valence-corrected chi connectivity index (χ3v) is 6.40. The van der Waals surface area contributed by atoms with E-state index < -0.39 is 12.0 Å². The van der Waals surface area contributed by atoms with Crippen LogP contribution in [0.2, 0.25) is 0 Å². The summed E-state index contributed by atoms with van der Waals surface area (Å²) in [5.41, 5.74) is 1.81. The third kappa shape index (κ3) is 9.17. The summed E-state index contributed by atoms with van der Waals surface area (Å²) < 4.78 is 5.09. The summed E-state index contributed by atoms with van der Waals surface area (Å²) in [5, 5.41) is 5.68. The second-order valence-electron chi connectivity index (χ2n) is 9.03. The fourth-order valence-electron chi connectivity index (χ4n) is 4.38. The van der Waals surface area contributed by atoms with Crippen molar-refractivity contribution < 1.29 is 19.1 Å².